The van der Waals surface area contributed by atoms with E-state index in [-0.39, 0.29) is 0 Å². The number of hydrogen-bond donors (Lipinski definition) is 2. The van der Waals surface area contributed by atoms with Crippen LogP contribution in [-0.2, 0) is 0 Å². The molecular weight excluding hydrogens is 298 g/mol. The highest BCUT2D eigenvalue weighted by atomic mass is 35.5. The summed E-state index contributed by atoms with van der Waals surface area (Å²) in [6.07, 6.45) is 7.74. The molecular formula is C17H20ClN3O. The number of benzene rings is 1. The van der Waals surface area contributed by atoms with Gasteiger partial charge in [-0.2, -0.15) is 0 Å². The van der Waals surface area contributed by atoms with Crippen molar-refractivity contribution in [1.29, 1.82) is 0 Å². The smallest absolute Gasteiger partial charge is 0.119 e. The van der Waals surface area contributed by atoms with Crippen LogP contribution in [0.5, 0.6) is 5.75 Å². The summed E-state index contributed by atoms with van der Waals surface area (Å²) in [5.41, 5.74) is 2.63. The van der Waals surface area contributed by atoms with Crippen LogP contribution in [0.25, 0.3) is 0 Å². The Kier molecular flexibility index (Phi) is 6.25. The van der Waals surface area contributed by atoms with E-state index < -0.39 is 0 Å². The fraction of sp³-hybridized carbons (Fsp3) is 0.235. The molecule has 1 aromatic carbocycles. The van der Waals surface area contributed by atoms with Crippen molar-refractivity contribution in [2.75, 3.05) is 32.6 Å². The highest BCUT2D eigenvalue weighted by molar-refractivity contribution is 6.34. The van der Waals surface area contributed by atoms with Crippen molar-refractivity contribution in [2.45, 2.75) is 0 Å². The molecule has 116 valence electrons. The summed E-state index contributed by atoms with van der Waals surface area (Å²) < 4.78 is 5.58. The normalized spacial score (nSPS) is 17.7. The van der Waals surface area contributed by atoms with Gasteiger partial charge in [0.2, 0.25) is 0 Å². The zero-order valence-corrected chi connectivity index (χ0v) is 13.5. The fourth-order valence-corrected chi connectivity index (χ4v) is 2.22. The second-order valence-corrected chi connectivity index (χ2v) is 5.03. The molecule has 1 aliphatic rings. The minimum Gasteiger partial charge on any atom is -0.492 e. The van der Waals surface area contributed by atoms with E-state index in [9.17, 15) is 0 Å². The molecule has 0 unspecified atom stereocenters. The number of aliphatic imine (C=N–C) groups is 1. The average Bonchev–Trinajstić information content (AvgIpc) is 2.56. The Morgan fingerprint density at radius 3 is 2.59 bits per heavy atom. The first-order valence-electron chi connectivity index (χ1n) is 7.10. The molecule has 1 aromatic rings. The Hall–Kier alpha value is -2.04. The average molecular weight is 318 g/mol. The molecule has 0 saturated carbocycles. The van der Waals surface area contributed by atoms with E-state index in [0.29, 0.717) is 11.8 Å². The number of ether oxygens (including phenoxy) is 1. The van der Waals surface area contributed by atoms with Crippen molar-refractivity contribution >= 4 is 23.0 Å². The number of rotatable bonds is 6. The van der Waals surface area contributed by atoms with E-state index in [4.69, 9.17) is 16.3 Å². The Balaban J connectivity index is 2.04. The molecule has 4 nitrogen and oxygen atoms in total. The van der Waals surface area contributed by atoms with Gasteiger partial charge in [-0.3, -0.25) is 4.99 Å². The molecule has 0 aliphatic heterocycles. The molecule has 0 radical (unpaired) electrons. The third-order valence-electron chi connectivity index (χ3n) is 3.11. The maximum Gasteiger partial charge on any atom is 0.119 e. The molecule has 1 aliphatic carbocycles. The molecule has 22 heavy (non-hydrogen) atoms. The quantitative estimate of drug-likeness (QED) is 0.625. The van der Waals surface area contributed by atoms with Gasteiger partial charge < -0.3 is 15.4 Å². The second kappa shape index (κ2) is 8.41. The van der Waals surface area contributed by atoms with Crippen LogP contribution in [0.2, 0.25) is 0 Å². The molecule has 0 amide bonds. The highest BCUT2D eigenvalue weighted by Crippen LogP contribution is 2.22. The van der Waals surface area contributed by atoms with Crippen molar-refractivity contribution in [3.8, 4) is 5.75 Å². The lowest BCUT2D eigenvalue weighted by molar-refractivity contribution is 0.318. The maximum atomic E-state index is 6.37. The molecule has 0 spiro atoms. The van der Waals surface area contributed by atoms with Crippen LogP contribution in [0.4, 0.5) is 5.69 Å². The first kappa shape index (κ1) is 16.3. The standard InChI is InChI=1S/C17H20ClN3O/c1-19-11-12-22-14-9-7-13(8-10-14)21-17(18)15-5-3-4-6-16(15)20-2/h3-10,19,21H,11-12H2,1-2H3/b17-15-,20-16-. The van der Waals surface area contributed by atoms with Gasteiger partial charge in [-0.1, -0.05) is 23.8 Å². The summed E-state index contributed by atoms with van der Waals surface area (Å²) in [5.74, 6) is 0.834. The van der Waals surface area contributed by atoms with E-state index in [1.165, 1.54) is 0 Å². The van der Waals surface area contributed by atoms with Crippen molar-refractivity contribution in [2.24, 2.45) is 4.99 Å². The Labute approximate surface area is 136 Å². The van der Waals surface area contributed by atoms with Gasteiger partial charge in [0.15, 0.2) is 0 Å². The van der Waals surface area contributed by atoms with Crippen molar-refractivity contribution < 1.29 is 4.74 Å². The van der Waals surface area contributed by atoms with Crippen LogP contribution in [0.1, 0.15) is 0 Å². The van der Waals surface area contributed by atoms with E-state index in [1.807, 2.05) is 55.6 Å². The largest absolute Gasteiger partial charge is 0.492 e. The van der Waals surface area contributed by atoms with Crippen LogP contribution < -0.4 is 15.4 Å². The van der Waals surface area contributed by atoms with Crippen molar-refractivity contribution in [3.05, 3.63) is 59.3 Å². The zero-order valence-electron chi connectivity index (χ0n) is 12.8. The van der Waals surface area contributed by atoms with Gasteiger partial charge in [-0.05, 0) is 43.5 Å². The molecule has 0 atom stereocenters. The van der Waals surface area contributed by atoms with Gasteiger partial charge in [-0.15, -0.1) is 0 Å². The zero-order chi connectivity index (χ0) is 15.8. The minimum atomic E-state index is 0.546. The number of nitrogens with zero attached hydrogens (tertiary/aromatic N) is 1. The minimum absolute atomic E-state index is 0.546. The fourth-order valence-electron chi connectivity index (χ4n) is 1.95. The summed E-state index contributed by atoms with van der Waals surface area (Å²) in [6.45, 7) is 1.46. The number of nitrogens with one attached hydrogen (secondary N) is 2. The molecule has 0 aromatic heterocycles. The van der Waals surface area contributed by atoms with E-state index in [1.54, 1.807) is 7.05 Å². The van der Waals surface area contributed by atoms with Crippen LogP contribution in [-0.4, -0.2) is 33.0 Å². The predicted molar refractivity (Wildman–Crippen MR) is 94.0 cm³/mol. The number of anilines is 1. The molecule has 0 fully saturated rings. The second-order valence-electron chi connectivity index (χ2n) is 4.66. The van der Waals surface area contributed by atoms with Gasteiger partial charge in [0.1, 0.15) is 17.5 Å². The van der Waals surface area contributed by atoms with Crippen LogP contribution in [0.3, 0.4) is 0 Å². The third-order valence-corrected chi connectivity index (χ3v) is 3.41. The Morgan fingerprint density at radius 2 is 1.91 bits per heavy atom. The molecule has 0 saturated heterocycles. The van der Waals surface area contributed by atoms with Crippen LogP contribution >= 0.6 is 11.6 Å². The number of hydrogen-bond acceptors (Lipinski definition) is 4. The van der Waals surface area contributed by atoms with E-state index in [2.05, 4.69) is 15.6 Å². The van der Waals surface area contributed by atoms with Crippen molar-refractivity contribution in [1.82, 2.24) is 5.32 Å². The molecule has 5 heteroatoms. The van der Waals surface area contributed by atoms with Crippen LogP contribution in [0, 0.1) is 0 Å². The maximum absolute atomic E-state index is 6.37. The van der Waals surface area contributed by atoms with E-state index >= 15 is 0 Å². The monoisotopic (exact) mass is 317 g/mol. The molecule has 0 bridgehead atoms. The number of likely N-dealkylation sites (N-methyl/N-ethyl adjacent to an activating group) is 1. The summed E-state index contributed by atoms with van der Waals surface area (Å²) >= 11 is 6.37. The van der Waals surface area contributed by atoms with Gasteiger partial charge in [0.05, 0.1) is 5.71 Å². The van der Waals surface area contributed by atoms with Gasteiger partial charge in [0.25, 0.3) is 0 Å². The molecule has 0 heterocycles. The highest BCUT2D eigenvalue weighted by Gasteiger charge is 2.09. The summed E-state index contributed by atoms with van der Waals surface area (Å²) in [5, 5.41) is 6.77. The van der Waals surface area contributed by atoms with Gasteiger partial charge in [-0.25, -0.2) is 0 Å². The van der Waals surface area contributed by atoms with Gasteiger partial charge >= 0.3 is 0 Å². The topological polar surface area (TPSA) is 45.7 Å². The van der Waals surface area contributed by atoms with Crippen LogP contribution in [0.15, 0.2) is 64.3 Å². The number of halogens is 1. The lowest BCUT2D eigenvalue weighted by Gasteiger charge is -2.12. The van der Waals surface area contributed by atoms with E-state index in [0.717, 1.165) is 29.3 Å². The predicted octanol–water partition coefficient (Wildman–Crippen LogP) is 3.34. The molecule has 2 N–H and O–H groups in total. The Morgan fingerprint density at radius 1 is 1.18 bits per heavy atom. The van der Waals surface area contributed by atoms with Gasteiger partial charge in [0, 0.05) is 24.9 Å². The molecule has 2 rings (SSSR count). The number of allylic oxidation sites excluding steroid dienone is 5. The van der Waals surface area contributed by atoms with Crippen molar-refractivity contribution in [3.63, 3.8) is 0 Å². The Bertz CT molecular complexity index is 615. The third kappa shape index (κ3) is 4.48. The summed E-state index contributed by atoms with van der Waals surface area (Å²) in [4.78, 5) is 4.22. The lowest BCUT2D eigenvalue weighted by atomic mass is 10.1. The SMILES string of the molecule is C/N=C1/C=CC=C/C1=C(\Cl)Nc1ccc(OCCNC)cc1. The first-order valence-corrected chi connectivity index (χ1v) is 7.48. The first-order chi connectivity index (χ1) is 10.7. The summed E-state index contributed by atoms with van der Waals surface area (Å²) in [6, 6.07) is 7.70. The lowest BCUT2D eigenvalue weighted by Crippen LogP contribution is -2.15. The summed E-state index contributed by atoms with van der Waals surface area (Å²) in [7, 11) is 3.65.